The highest BCUT2D eigenvalue weighted by Gasteiger charge is 2.29. The Hall–Kier alpha value is -1.84. The van der Waals surface area contributed by atoms with Gasteiger partial charge in [0.05, 0.1) is 0 Å². The molecule has 0 aromatic heterocycles. The largest absolute Gasteiger partial charge is 0.357 e. The number of rotatable bonds is 8. The van der Waals surface area contributed by atoms with Crippen LogP contribution in [-0.2, 0) is 16.0 Å². The fourth-order valence-electron chi connectivity index (χ4n) is 3.91. The van der Waals surface area contributed by atoms with Crippen molar-refractivity contribution in [3.05, 3.63) is 35.9 Å². The summed E-state index contributed by atoms with van der Waals surface area (Å²) in [5.74, 6) is 1.22. The quantitative estimate of drug-likeness (QED) is 0.308. The summed E-state index contributed by atoms with van der Waals surface area (Å²) >= 11 is 0. The second-order valence-corrected chi connectivity index (χ2v) is 7.81. The Morgan fingerprint density at radius 1 is 1.17 bits per heavy atom. The van der Waals surface area contributed by atoms with Crippen LogP contribution in [0.2, 0.25) is 0 Å². The van der Waals surface area contributed by atoms with Gasteiger partial charge >= 0.3 is 0 Å². The lowest BCUT2D eigenvalue weighted by molar-refractivity contribution is -0.129. The van der Waals surface area contributed by atoms with Crippen LogP contribution in [0.3, 0.4) is 0 Å². The molecule has 0 bridgehead atoms. The molecule has 8 heteroatoms. The first-order chi connectivity index (χ1) is 14.2. The Morgan fingerprint density at radius 2 is 1.90 bits per heavy atom. The molecule has 166 valence electrons. The zero-order chi connectivity index (χ0) is 20.5. The molecule has 30 heavy (non-hydrogen) atoms. The molecule has 2 amide bonds. The summed E-state index contributed by atoms with van der Waals surface area (Å²) < 4.78 is 0. The van der Waals surface area contributed by atoms with Crippen molar-refractivity contribution in [1.29, 1.82) is 0 Å². The Labute approximate surface area is 196 Å². The second kappa shape index (κ2) is 12.8. The molecule has 2 aliphatic heterocycles. The molecule has 3 rings (SSSR count). The minimum absolute atomic E-state index is 0. The summed E-state index contributed by atoms with van der Waals surface area (Å²) in [6.07, 6.45) is 3.62. The minimum atomic E-state index is 0. The number of halogens is 1. The maximum atomic E-state index is 12.3. The lowest BCUT2D eigenvalue weighted by Crippen LogP contribution is -2.41. The smallest absolute Gasteiger partial charge is 0.244 e. The number of carbonyl (C=O) groups is 2. The summed E-state index contributed by atoms with van der Waals surface area (Å²) in [7, 11) is 0. The number of benzene rings is 1. The molecule has 0 saturated carbocycles. The van der Waals surface area contributed by atoms with Crippen LogP contribution in [0.5, 0.6) is 0 Å². The van der Waals surface area contributed by atoms with E-state index >= 15 is 0 Å². The number of aliphatic imine (C=N–C) groups is 1. The molecule has 2 fully saturated rings. The van der Waals surface area contributed by atoms with Crippen molar-refractivity contribution in [2.45, 2.75) is 32.6 Å². The first kappa shape index (κ1) is 24.4. The van der Waals surface area contributed by atoms with Crippen molar-refractivity contribution in [2.24, 2.45) is 10.9 Å². The third kappa shape index (κ3) is 7.45. The lowest BCUT2D eigenvalue weighted by Gasteiger charge is -2.18. The van der Waals surface area contributed by atoms with Crippen molar-refractivity contribution in [2.75, 3.05) is 45.8 Å². The van der Waals surface area contributed by atoms with E-state index in [1.807, 2.05) is 34.9 Å². The van der Waals surface area contributed by atoms with E-state index in [1.165, 1.54) is 5.56 Å². The van der Waals surface area contributed by atoms with Gasteiger partial charge in [0, 0.05) is 51.6 Å². The molecule has 0 radical (unpaired) electrons. The SMILES string of the molecule is CCNC(=NCC(=O)N1CCCC1)NCC1CC(=O)N(CCc2ccccc2)C1.I. The van der Waals surface area contributed by atoms with Gasteiger partial charge < -0.3 is 20.4 Å². The topological polar surface area (TPSA) is 77.0 Å². The summed E-state index contributed by atoms with van der Waals surface area (Å²) in [4.78, 5) is 32.8. The molecule has 1 aromatic carbocycles. The van der Waals surface area contributed by atoms with Gasteiger partial charge in [-0.2, -0.15) is 0 Å². The number of nitrogens with one attached hydrogen (secondary N) is 2. The standard InChI is InChI=1S/C22H33N5O2.HI/c1-2-23-22(25-16-21(29)26-11-6-7-12-26)24-15-19-14-20(28)27(17-19)13-10-18-8-4-3-5-9-18;/h3-5,8-9,19H,2,6-7,10-17H2,1H3,(H2,23,24,25);1H. The van der Waals surface area contributed by atoms with Gasteiger partial charge in [-0.25, -0.2) is 4.99 Å². The number of likely N-dealkylation sites (tertiary alicyclic amines) is 2. The van der Waals surface area contributed by atoms with Crippen molar-refractivity contribution >= 4 is 41.8 Å². The predicted molar refractivity (Wildman–Crippen MR) is 130 cm³/mol. The molecule has 1 aromatic rings. The van der Waals surface area contributed by atoms with E-state index in [0.29, 0.717) is 18.9 Å². The van der Waals surface area contributed by atoms with Crippen molar-refractivity contribution in [3.8, 4) is 0 Å². The maximum absolute atomic E-state index is 12.3. The Balaban J connectivity index is 0.00000320. The van der Waals surface area contributed by atoms with Crippen LogP contribution < -0.4 is 10.6 Å². The van der Waals surface area contributed by atoms with Gasteiger partial charge in [-0.3, -0.25) is 9.59 Å². The molecule has 2 aliphatic rings. The third-order valence-electron chi connectivity index (χ3n) is 5.54. The van der Waals surface area contributed by atoms with E-state index in [-0.39, 0.29) is 48.3 Å². The number of hydrogen-bond donors (Lipinski definition) is 2. The van der Waals surface area contributed by atoms with E-state index in [1.54, 1.807) is 0 Å². The second-order valence-electron chi connectivity index (χ2n) is 7.81. The van der Waals surface area contributed by atoms with Crippen molar-refractivity contribution in [1.82, 2.24) is 20.4 Å². The fourth-order valence-corrected chi connectivity index (χ4v) is 3.91. The molecule has 7 nitrogen and oxygen atoms in total. The summed E-state index contributed by atoms with van der Waals surface area (Å²) in [5, 5.41) is 6.50. The van der Waals surface area contributed by atoms with Gasteiger partial charge in [-0.05, 0) is 31.7 Å². The van der Waals surface area contributed by atoms with E-state index < -0.39 is 0 Å². The highest BCUT2D eigenvalue weighted by molar-refractivity contribution is 14.0. The maximum Gasteiger partial charge on any atom is 0.244 e. The van der Waals surface area contributed by atoms with Crippen LogP contribution in [0, 0.1) is 5.92 Å². The van der Waals surface area contributed by atoms with Gasteiger partial charge in [-0.15, -0.1) is 24.0 Å². The zero-order valence-corrected chi connectivity index (χ0v) is 20.1. The molecule has 2 saturated heterocycles. The molecule has 0 aliphatic carbocycles. The minimum Gasteiger partial charge on any atom is -0.357 e. The molecule has 0 spiro atoms. The van der Waals surface area contributed by atoms with Crippen molar-refractivity contribution < 1.29 is 9.59 Å². The average molecular weight is 527 g/mol. The third-order valence-corrected chi connectivity index (χ3v) is 5.54. The van der Waals surface area contributed by atoms with Gasteiger partial charge in [0.25, 0.3) is 0 Å². The number of nitrogens with zero attached hydrogens (tertiary/aromatic N) is 3. The Kier molecular flexibility index (Phi) is 10.4. The number of carbonyl (C=O) groups excluding carboxylic acids is 2. The molecular formula is C22H34IN5O2. The molecule has 2 N–H and O–H groups in total. The van der Waals surface area contributed by atoms with Gasteiger partial charge in [0.15, 0.2) is 5.96 Å². The monoisotopic (exact) mass is 527 g/mol. The number of guanidine groups is 1. The number of hydrogen-bond acceptors (Lipinski definition) is 3. The van der Waals surface area contributed by atoms with E-state index in [9.17, 15) is 9.59 Å². The first-order valence-electron chi connectivity index (χ1n) is 10.8. The fraction of sp³-hybridized carbons (Fsp3) is 0.591. The molecule has 2 heterocycles. The summed E-state index contributed by atoms with van der Waals surface area (Å²) in [5.41, 5.74) is 1.26. The molecule has 1 atom stereocenters. The van der Waals surface area contributed by atoms with Crippen LogP contribution in [0.1, 0.15) is 31.7 Å². The first-order valence-corrected chi connectivity index (χ1v) is 10.8. The normalized spacial score (nSPS) is 19.0. The lowest BCUT2D eigenvalue weighted by atomic mass is 10.1. The van der Waals surface area contributed by atoms with Crippen LogP contribution in [0.15, 0.2) is 35.3 Å². The van der Waals surface area contributed by atoms with E-state index in [4.69, 9.17) is 0 Å². The molecule has 1 unspecified atom stereocenters. The Morgan fingerprint density at radius 3 is 2.60 bits per heavy atom. The predicted octanol–water partition coefficient (Wildman–Crippen LogP) is 1.87. The van der Waals surface area contributed by atoms with Crippen LogP contribution in [0.4, 0.5) is 0 Å². The molecular weight excluding hydrogens is 493 g/mol. The number of amides is 2. The van der Waals surface area contributed by atoms with Crippen LogP contribution in [0.25, 0.3) is 0 Å². The highest BCUT2D eigenvalue weighted by Crippen LogP contribution is 2.17. The average Bonchev–Trinajstić information content (AvgIpc) is 3.39. The summed E-state index contributed by atoms with van der Waals surface area (Å²) in [6, 6.07) is 10.3. The van der Waals surface area contributed by atoms with Crippen LogP contribution in [-0.4, -0.2) is 73.4 Å². The zero-order valence-electron chi connectivity index (χ0n) is 17.8. The van der Waals surface area contributed by atoms with Gasteiger partial charge in [0.1, 0.15) is 6.54 Å². The van der Waals surface area contributed by atoms with E-state index in [0.717, 1.165) is 52.0 Å². The van der Waals surface area contributed by atoms with Gasteiger partial charge in [-0.1, -0.05) is 30.3 Å². The highest BCUT2D eigenvalue weighted by atomic mass is 127. The van der Waals surface area contributed by atoms with Gasteiger partial charge in [0.2, 0.25) is 11.8 Å². The Bertz CT molecular complexity index is 707. The summed E-state index contributed by atoms with van der Waals surface area (Å²) in [6.45, 7) is 6.81. The van der Waals surface area contributed by atoms with Crippen molar-refractivity contribution in [3.63, 3.8) is 0 Å². The van der Waals surface area contributed by atoms with E-state index in [2.05, 4.69) is 27.8 Å². The van der Waals surface area contributed by atoms with Crippen LogP contribution >= 0.6 is 24.0 Å².